The molecule has 0 aliphatic heterocycles. The second kappa shape index (κ2) is 6.48. The van der Waals surface area contributed by atoms with Crippen LogP contribution in [-0.2, 0) is 0 Å². The lowest BCUT2D eigenvalue weighted by atomic mass is 10.1. The SMILES string of the molecule is CC(NCCC1=CCCC1)c1ccc(F)cc1Br. The summed E-state index contributed by atoms with van der Waals surface area (Å²) in [7, 11) is 0. The first-order chi connectivity index (χ1) is 8.66. The highest BCUT2D eigenvalue weighted by molar-refractivity contribution is 9.10. The van der Waals surface area contributed by atoms with Crippen LogP contribution in [0.4, 0.5) is 4.39 Å². The van der Waals surface area contributed by atoms with Gasteiger partial charge in [0.15, 0.2) is 0 Å². The van der Waals surface area contributed by atoms with Crippen LogP contribution in [0.3, 0.4) is 0 Å². The van der Waals surface area contributed by atoms with Crippen LogP contribution in [0.15, 0.2) is 34.3 Å². The molecule has 0 saturated heterocycles. The van der Waals surface area contributed by atoms with Gasteiger partial charge in [-0.25, -0.2) is 4.39 Å². The predicted molar refractivity (Wildman–Crippen MR) is 77.1 cm³/mol. The minimum absolute atomic E-state index is 0.200. The highest BCUT2D eigenvalue weighted by Gasteiger charge is 2.10. The van der Waals surface area contributed by atoms with Crippen molar-refractivity contribution in [2.75, 3.05) is 6.54 Å². The van der Waals surface area contributed by atoms with Gasteiger partial charge >= 0.3 is 0 Å². The topological polar surface area (TPSA) is 12.0 Å². The molecule has 0 fully saturated rings. The molecule has 0 spiro atoms. The fraction of sp³-hybridized carbons (Fsp3) is 0.467. The number of rotatable bonds is 5. The van der Waals surface area contributed by atoms with E-state index in [1.807, 2.05) is 6.07 Å². The van der Waals surface area contributed by atoms with Gasteiger partial charge in [0.25, 0.3) is 0 Å². The molecule has 2 rings (SSSR count). The van der Waals surface area contributed by atoms with Crippen LogP contribution in [0.25, 0.3) is 0 Å². The molecule has 1 nitrogen and oxygen atoms in total. The molecule has 1 N–H and O–H groups in total. The smallest absolute Gasteiger partial charge is 0.124 e. The van der Waals surface area contributed by atoms with Gasteiger partial charge in [0, 0.05) is 10.5 Å². The van der Waals surface area contributed by atoms with Crippen molar-refractivity contribution in [3.63, 3.8) is 0 Å². The van der Waals surface area contributed by atoms with E-state index in [1.54, 1.807) is 5.57 Å². The van der Waals surface area contributed by atoms with Gasteiger partial charge in [0.05, 0.1) is 0 Å². The number of allylic oxidation sites excluding steroid dienone is 1. The number of hydrogen-bond donors (Lipinski definition) is 1. The molecule has 0 aromatic heterocycles. The molecule has 0 saturated carbocycles. The zero-order chi connectivity index (χ0) is 13.0. The second-order valence-electron chi connectivity index (χ2n) is 4.85. The predicted octanol–water partition coefficient (Wildman–Crippen LogP) is 4.74. The summed E-state index contributed by atoms with van der Waals surface area (Å²) in [6.45, 7) is 3.10. The lowest BCUT2D eigenvalue weighted by Gasteiger charge is -2.16. The van der Waals surface area contributed by atoms with E-state index < -0.39 is 0 Å². The molecule has 18 heavy (non-hydrogen) atoms. The number of halogens is 2. The summed E-state index contributed by atoms with van der Waals surface area (Å²) < 4.78 is 13.8. The molecule has 1 aliphatic rings. The van der Waals surface area contributed by atoms with Gasteiger partial charge in [0.2, 0.25) is 0 Å². The van der Waals surface area contributed by atoms with E-state index >= 15 is 0 Å². The van der Waals surface area contributed by atoms with Crippen molar-refractivity contribution in [2.45, 2.75) is 38.6 Å². The highest BCUT2D eigenvalue weighted by Crippen LogP contribution is 2.25. The van der Waals surface area contributed by atoms with E-state index in [2.05, 4.69) is 34.2 Å². The van der Waals surface area contributed by atoms with Crippen molar-refractivity contribution in [1.29, 1.82) is 0 Å². The largest absolute Gasteiger partial charge is 0.310 e. The van der Waals surface area contributed by atoms with Crippen molar-refractivity contribution >= 4 is 15.9 Å². The molecule has 1 atom stereocenters. The lowest BCUT2D eigenvalue weighted by Crippen LogP contribution is -2.20. The van der Waals surface area contributed by atoms with E-state index in [9.17, 15) is 4.39 Å². The van der Waals surface area contributed by atoms with Crippen LogP contribution in [0.2, 0.25) is 0 Å². The molecule has 0 heterocycles. The van der Waals surface area contributed by atoms with E-state index in [0.717, 1.165) is 23.0 Å². The summed E-state index contributed by atoms with van der Waals surface area (Å²) in [4.78, 5) is 0. The number of nitrogens with one attached hydrogen (secondary N) is 1. The third-order valence-corrected chi connectivity index (χ3v) is 4.15. The molecule has 1 aromatic carbocycles. The third-order valence-electron chi connectivity index (χ3n) is 3.46. The maximum atomic E-state index is 13.0. The van der Waals surface area contributed by atoms with Gasteiger partial charge in [-0.1, -0.05) is 33.6 Å². The average Bonchev–Trinajstić information content (AvgIpc) is 2.81. The Labute approximate surface area is 117 Å². The summed E-state index contributed by atoms with van der Waals surface area (Å²) >= 11 is 3.41. The molecule has 0 bridgehead atoms. The van der Waals surface area contributed by atoms with Gasteiger partial charge in [0.1, 0.15) is 5.82 Å². The Morgan fingerprint density at radius 2 is 2.28 bits per heavy atom. The standard InChI is InChI=1S/C15H19BrFN/c1-11(14-7-6-13(17)10-15(14)16)18-9-8-12-4-2-3-5-12/h4,6-7,10-11,18H,2-3,5,8-9H2,1H3. The third kappa shape index (κ3) is 3.66. The van der Waals surface area contributed by atoms with Gasteiger partial charge in [-0.15, -0.1) is 0 Å². The number of hydrogen-bond acceptors (Lipinski definition) is 1. The fourth-order valence-electron chi connectivity index (χ4n) is 2.38. The van der Waals surface area contributed by atoms with Gasteiger partial charge in [-0.3, -0.25) is 0 Å². The quantitative estimate of drug-likeness (QED) is 0.774. The van der Waals surface area contributed by atoms with Crippen molar-refractivity contribution in [1.82, 2.24) is 5.32 Å². The average molecular weight is 312 g/mol. The molecule has 0 radical (unpaired) electrons. The minimum atomic E-state index is -0.200. The molecular weight excluding hydrogens is 293 g/mol. The first-order valence-electron chi connectivity index (χ1n) is 6.53. The van der Waals surface area contributed by atoms with Crippen LogP contribution in [0.5, 0.6) is 0 Å². The van der Waals surface area contributed by atoms with Crippen LogP contribution in [-0.4, -0.2) is 6.54 Å². The van der Waals surface area contributed by atoms with Crippen LogP contribution in [0.1, 0.15) is 44.2 Å². The van der Waals surface area contributed by atoms with Crippen LogP contribution >= 0.6 is 15.9 Å². The summed E-state index contributed by atoms with van der Waals surface area (Å²) in [5, 5.41) is 3.49. The molecular formula is C15H19BrFN. The Hall–Kier alpha value is -0.670. The maximum absolute atomic E-state index is 13.0. The zero-order valence-electron chi connectivity index (χ0n) is 10.7. The lowest BCUT2D eigenvalue weighted by molar-refractivity contribution is 0.567. The zero-order valence-corrected chi connectivity index (χ0v) is 12.3. The summed E-state index contributed by atoms with van der Waals surface area (Å²) in [6.07, 6.45) is 7.31. The molecule has 3 heteroatoms. The summed E-state index contributed by atoms with van der Waals surface area (Å²) in [5.74, 6) is -0.200. The normalized spacial score (nSPS) is 16.7. The minimum Gasteiger partial charge on any atom is -0.310 e. The Balaban J connectivity index is 1.85. The Kier molecular flexibility index (Phi) is 4.95. The molecule has 1 aromatic rings. The molecule has 98 valence electrons. The Morgan fingerprint density at radius 3 is 2.94 bits per heavy atom. The van der Waals surface area contributed by atoms with Crippen molar-refractivity contribution in [3.8, 4) is 0 Å². The first kappa shape index (κ1) is 13.8. The van der Waals surface area contributed by atoms with Crippen molar-refractivity contribution in [2.24, 2.45) is 0 Å². The van der Waals surface area contributed by atoms with Gasteiger partial charge in [-0.2, -0.15) is 0 Å². The van der Waals surface area contributed by atoms with Crippen LogP contribution < -0.4 is 5.32 Å². The Bertz CT molecular complexity index is 442. The first-order valence-corrected chi connectivity index (χ1v) is 7.32. The maximum Gasteiger partial charge on any atom is 0.124 e. The van der Waals surface area contributed by atoms with E-state index in [0.29, 0.717) is 0 Å². The van der Waals surface area contributed by atoms with Gasteiger partial charge < -0.3 is 5.32 Å². The molecule has 0 amide bonds. The van der Waals surface area contributed by atoms with E-state index in [1.165, 1.54) is 31.4 Å². The van der Waals surface area contributed by atoms with Gasteiger partial charge in [-0.05, 0) is 56.8 Å². The monoisotopic (exact) mass is 311 g/mol. The van der Waals surface area contributed by atoms with Crippen molar-refractivity contribution < 1.29 is 4.39 Å². The number of benzene rings is 1. The highest BCUT2D eigenvalue weighted by atomic mass is 79.9. The van der Waals surface area contributed by atoms with E-state index in [4.69, 9.17) is 0 Å². The second-order valence-corrected chi connectivity index (χ2v) is 5.70. The summed E-state index contributed by atoms with van der Waals surface area (Å²) in [6, 6.07) is 5.11. The fourth-order valence-corrected chi connectivity index (χ4v) is 3.07. The molecule has 1 aliphatic carbocycles. The summed E-state index contributed by atoms with van der Waals surface area (Å²) in [5.41, 5.74) is 2.68. The van der Waals surface area contributed by atoms with Crippen LogP contribution in [0, 0.1) is 5.82 Å². The van der Waals surface area contributed by atoms with Crippen molar-refractivity contribution in [3.05, 3.63) is 45.7 Å². The molecule has 1 unspecified atom stereocenters. The van der Waals surface area contributed by atoms with E-state index in [-0.39, 0.29) is 11.9 Å². The Morgan fingerprint density at radius 1 is 1.44 bits per heavy atom.